The third-order valence-corrected chi connectivity index (χ3v) is 2.12. The van der Waals surface area contributed by atoms with Gasteiger partial charge in [0.25, 0.3) is 0 Å². The fourth-order valence-electron chi connectivity index (χ4n) is 1.02. The molecule has 17 heavy (non-hydrogen) atoms. The second kappa shape index (κ2) is 5.45. The van der Waals surface area contributed by atoms with Crippen LogP contribution < -0.4 is 5.14 Å². The molecular weight excluding hydrogens is 246 g/mol. The van der Waals surface area contributed by atoms with Crippen molar-refractivity contribution in [3.05, 3.63) is 35.4 Å². The van der Waals surface area contributed by atoms with E-state index in [1.54, 1.807) is 12.1 Å². The Kier molecular flexibility index (Phi) is 4.23. The number of carbonyl (C=O) groups is 1. The molecule has 6 nitrogen and oxygen atoms in total. The molecule has 0 aromatic heterocycles. The summed E-state index contributed by atoms with van der Waals surface area (Å²) in [5.41, 5.74) is 0.314. The molecule has 1 aromatic carbocycles. The number of hydrogen-bond acceptors (Lipinski definition) is 4. The van der Waals surface area contributed by atoms with Crippen molar-refractivity contribution < 1.29 is 22.5 Å². The molecule has 1 rings (SSSR count). The van der Waals surface area contributed by atoms with Crippen LogP contribution in [0.2, 0.25) is 0 Å². The van der Waals surface area contributed by atoms with Gasteiger partial charge in [-0.2, -0.15) is 8.42 Å². The Hall–Kier alpha value is -1.88. The predicted molar refractivity (Wildman–Crippen MR) is 59.3 cm³/mol. The van der Waals surface area contributed by atoms with Crippen LogP contribution in [0.4, 0.5) is 0 Å². The maximum Gasteiger partial charge on any atom is 0.336 e. The monoisotopic (exact) mass is 255 g/mol. The zero-order valence-electron chi connectivity index (χ0n) is 8.58. The van der Waals surface area contributed by atoms with Crippen LogP contribution in [-0.2, 0) is 14.5 Å². The lowest BCUT2D eigenvalue weighted by atomic mass is 10.1. The van der Waals surface area contributed by atoms with Crippen molar-refractivity contribution >= 4 is 16.3 Å². The van der Waals surface area contributed by atoms with Gasteiger partial charge in [0.15, 0.2) is 0 Å². The van der Waals surface area contributed by atoms with Crippen LogP contribution >= 0.6 is 0 Å². The molecule has 0 aliphatic rings. The van der Waals surface area contributed by atoms with E-state index in [0.29, 0.717) is 0 Å². The first kappa shape index (κ1) is 13.2. The summed E-state index contributed by atoms with van der Waals surface area (Å²) in [6, 6.07) is 6.09. The number of benzene rings is 1. The van der Waals surface area contributed by atoms with E-state index in [2.05, 4.69) is 21.2 Å². The lowest BCUT2D eigenvalue weighted by Crippen LogP contribution is -2.15. The average Bonchev–Trinajstić information content (AvgIpc) is 2.23. The molecule has 90 valence electrons. The molecule has 0 aliphatic carbocycles. The van der Waals surface area contributed by atoms with Crippen molar-refractivity contribution in [2.45, 2.75) is 0 Å². The molecule has 0 aliphatic heterocycles. The summed E-state index contributed by atoms with van der Waals surface area (Å²) in [5.74, 6) is 3.74. The van der Waals surface area contributed by atoms with Gasteiger partial charge in [-0.3, -0.25) is 0 Å². The normalized spacial score (nSPS) is 10.4. The standard InChI is InChI=1S/C10H9NO5S/c11-17(14,15)16-7-3-5-8-4-1-2-6-9(8)10(12)13/h1-2,4,6H,7H2,(H,12,13)(H2,11,14,15). The van der Waals surface area contributed by atoms with Crippen molar-refractivity contribution in [1.29, 1.82) is 0 Å². The van der Waals surface area contributed by atoms with Gasteiger partial charge in [0.05, 0.1) is 5.56 Å². The number of hydrogen-bond donors (Lipinski definition) is 2. The van der Waals surface area contributed by atoms with Crippen LogP contribution in [0.25, 0.3) is 0 Å². The maximum atomic E-state index is 10.8. The van der Waals surface area contributed by atoms with E-state index >= 15 is 0 Å². The average molecular weight is 255 g/mol. The van der Waals surface area contributed by atoms with Gasteiger partial charge in [-0.25, -0.2) is 14.1 Å². The summed E-state index contributed by atoms with van der Waals surface area (Å²) in [5, 5.41) is 13.4. The van der Waals surface area contributed by atoms with Crippen molar-refractivity contribution in [3.8, 4) is 11.8 Å². The van der Waals surface area contributed by atoms with E-state index in [1.165, 1.54) is 12.1 Å². The van der Waals surface area contributed by atoms with E-state index in [9.17, 15) is 13.2 Å². The smallest absolute Gasteiger partial charge is 0.336 e. The molecule has 0 unspecified atom stereocenters. The summed E-state index contributed by atoms with van der Waals surface area (Å²) >= 11 is 0. The molecular formula is C10H9NO5S. The van der Waals surface area contributed by atoms with Crippen LogP contribution in [-0.4, -0.2) is 26.1 Å². The van der Waals surface area contributed by atoms with Gasteiger partial charge in [0.2, 0.25) is 0 Å². The molecule has 0 atom stereocenters. The minimum Gasteiger partial charge on any atom is -0.478 e. The van der Waals surface area contributed by atoms with Gasteiger partial charge in [-0.1, -0.05) is 24.0 Å². The Balaban J connectivity index is 2.82. The lowest BCUT2D eigenvalue weighted by Gasteiger charge is -1.97. The summed E-state index contributed by atoms with van der Waals surface area (Å²) in [6.07, 6.45) is 0. The van der Waals surface area contributed by atoms with Crippen LogP contribution in [0.1, 0.15) is 15.9 Å². The zero-order chi connectivity index (χ0) is 12.9. The second-order valence-corrected chi connectivity index (χ2v) is 4.13. The highest BCUT2D eigenvalue weighted by Gasteiger charge is 2.06. The summed E-state index contributed by atoms with van der Waals surface area (Å²) < 4.78 is 25.0. The second-order valence-electron chi connectivity index (χ2n) is 2.91. The predicted octanol–water partition coefficient (Wildman–Crippen LogP) is -0.0436. The Morgan fingerprint density at radius 1 is 1.41 bits per heavy atom. The molecule has 0 bridgehead atoms. The van der Waals surface area contributed by atoms with Gasteiger partial charge in [0, 0.05) is 5.56 Å². The topological polar surface area (TPSA) is 107 Å². The zero-order valence-corrected chi connectivity index (χ0v) is 9.40. The minimum atomic E-state index is -4.02. The Morgan fingerprint density at radius 2 is 2.06 bits per heavy atom. The van der Waals surface area contributed by atoms with Crippen LogP contribution in [0, 0.1) is 11.8 Å². The summed E-state index contributed by atoms with van der Waals surface area (Å²) in [4.78, 5) is 10.8. The largest absolute Gasteiger partial charge is 0.478 e. The Labute approximate surface area is 98.3 Å². The molecule has 0 fully saturated rings. The van der Waals surface area contributed by atoms with Crippen LogP contribution in [0.15, 0.2) is 24.3 Å². The highest BCUT2D eigenvalue weighted by atomic mass is 32.2. The molecule has 0 amide bonds. The van der Waals surface area contributed by atoms with E-state index in [1.807, 2.05) is 0 Å². The molecule has 0 spiro atoms. The lowest BCUT2D eigenvalue weighted by molar-refractivity contribution is 0.0696. The first-order valence-electron chi connectivity index (χ1n) is 4.38. The van der Waals surface area contributed by atoms with E-state index in [0.717, 1.165) is 0 Å². The van der Waals surface area contributed by atoms with Gasteiger partial charge < -0.3 is 5.11 Å². The first-order chi connectivity index (χ1) is 7.90. The van der Waals surface area contributed by atoms with Crippen molar-refractivity contribution in [2.75, 3.05) is 6.61 Å². The van der Waals surface area contributed by atoms with Gasteiger partial charge in [-0.05, 0) is 12.1 Å². The van der Waals surface area contributed by atoms with Crippen molar-refractivity contribution in [3.63, 3.8) is 0 Å². The summed E-state index contributed by atoms with van der Waals surface area (Å²) in [6.45, 7) is -0.424. The minimum absolute atomic E-state index is 0.0376. The fourth-order valence-corrected chi connectivity index (χ4v) is 1.24. The van der Waals surface area contributed by atoms with E-state index in [4.69, 9.17) is 5.11 Å². The number of aromatic carboxylic acids is 1. The van der Waals surface area contributed by atoms with Crippen molar-refractivity contribution in [1.82, 2.24) is 0 Å². The first-order valence-corrected chi connectivity index (χ1v) is 5.85. The Bertz CT molecular complexity index is 582. The number of carboxylic acid groups (broad SMARTS) is 1. The third-order valence-electron chi connectivity index (χ3n) is 1.68. The molecule has 7 heteroatoms. The molecule has 3 N–H and O–H groups in total. The number of rotatable bonds is 3. The SMILES string of the molecule is NS(=O)(=O)OCC#Cc1ccccc1C(=O)O. The molecule has 0 saturated heterocycles. The maximum absolute atomic E-state index is 10.8. The quantitative estimate of drug-likeness (QED) is 0.737. The molecule has 0 saturated carbocycles. The summed E-state index contributed by atoms with van der Waals surface area (Å²) in [7, 11) is -4.02. The molecule has 0 heterocycles. The fraction of sp³-hybridized carbons (Fsp3) is 0.100. The van der Waals surface area contributed by atoms with Gasteiger partial charge in [-0.15, -0.1) is 0 Å². The van der Waals surface area contributed by atoms with E-state index in [-0.39, 0.29) is 11.1 Å². The third kappa shape index (κ3) is 4.65. The van der Waals surface area contributed by atoms with Crippen molar-refractivity contribution in [2.24, 2.45) is 5.14 Å². The van der Waals surface area contributed by atoms with Gasteiger partial charge in [0.1, 0.15) is 6.61 Å². The number of nitrogens with two attached hydrogens (primary N) is 1. The molecule has 0 radical (unpaired) electrons. The van der Waals surface area contributed by atoms with Crippen LogP contribution in [0.5, 0.6) is 0 Å². The van der Waals surface area contributed by atoms with E-state index < -0.39 is 22.9 Å². The highest BCUT2D eigenvalue weighted by Crippen LogP contribution is 2.06. The highest BCUT2D eigenvalue weighted by molar-refractivity contribution is 7.84. The Morgan fingerprint density at radius 3 is 2.65 bits per heavy atom. The van der Waals surface area contributed by atoms with Crippen LogP contribution in [0.3, 0.4) is 0 Å². The number of carboxylic acids is 1. The van der Waals surface area contributed by atoms with Gasteiger partial charge >= 0.3 is 16.3 Å². The molecule has 1 aromatic rings.